The molecule has 2 unspecified atom stereocenters. The van der Waals surface area contributed by atoms with Gasteiger partial charge in [0.05, 0.1) is 0 Å². The van der Waals surface area contributed by atoms with Crippen LogP contribution in [0.5, 0.6) is 0 Å². The lowest BCUT2D eigenvalue weighted by Crippen LogP contribution is -2.34. The minimum absolute atomic E-state index is 0.712. The number of nitrogens with zero attached hydrogens (tertiary/aromatic N) is 2. The van der Waals surface area contributed by atoms with Gasteiger partial charge in [-0.25, -0.2) is 0 Å². The SMILES string of the molecule is c1ccc(C2CC2NCCC2CCN(c3ccncc3)CC2)cc1. The zero-order chi connectivity index (χ0) is 16.2. The second kappa shape index (κ2) is 7.35. The van der Waals surface area contributed by atoms with Gasteiger partial charge in [0.15, 0.2) is 0 Å². The van der Waals surface area contributed by atoms with Gasteiger partial charge in [0.25, 0.3) is 0 Å². The molecule has 0 spiro atoms. The van der Waals surface area contributed by atoms with Crippen molar-refractivity contribution in [3.05, 3.63) is 60.4 Å². The molecule has 1 saturated carbocycles. The second-order valence-electron chi connectivity index (χ2n) is 7.24. The summed E-state index contributed by atoms with van der Waals surface area (Å²) in [5.74, 6) is 1.63. The number of hydrogen-bond donors (Lipinski definition) is 1. The van der Waals surface area contributed by atoms with Gasteiger partial charge in [-0.05, 0) is 55.8 Å². The summed E-state index contributed by atoms with van der Waals surface area (Å²) in [6.07, 6.45) is 9.05. The molecule has 1 aromatic carbocycles. The molecule has 1 saturated heterocycles. The van der Waals surface area contributed by atoms with Gasteiger partial charge in [0, 0.05) is 43.1 Å². The van der Waals surface area contributed by atoms with E-state index in [9.17, 15) is 0 Å². The van der Waals surface area contributed by atoms with Crippen LogP contribution in [0.1, 0.15) is 37.2 Å². The minimum atomic E-state index is 0.712. The number of aromatic nitrogens is 1. The number of pyridine rings is 1. The first-order valence-electron chi connectivity index (χ1n) is 9.33. The van der Waals surface area contributed by atoms with Gasteiger partial charge in [-0.2, -0.15) is 0 Å². The Balaban J connectivity index is 1.15. The summed E-state index contributed by atoms with van der Waals surface area (Å²) in [6.45, 7) is 3.55. The first-order valence-corrected chi connectivity index (χ1v) is 9.33. The van der Waals surface area contributed by atoms with Crippen LogP contribution in [0.3, 0.4) is 0 Å². The van der Waals surface area contributed by atoms with E-state index in [1.807, 2.05) is 12.4 Å². The zero-order valence-corrected chi connectivity index (χ0v) is 14.3. The highest BCUT2D eigenvalue weighted by Gasteiger charge is 2.37. The molecular formula is C21H27N3. The van der Waals surface area contributed by atoms with E-state index in [2.05, 4.69) is 57.7 Å². The quantitative estimate of drug-likeness (QED) is 0.876. The number of benzene rings is 1. The largest absolute Gasteiger partial charge is 0.371 e. The summed E-state index contributed by atoms with van der Waals surface area (Å²) in [5.41, 5.74) is 2.82. The van der Waals surface area contributed by atoms with Crippen LogP contribution in [0.4, 0.5) is 5.69 Å². The minimum Gasteiger partial charge on any atom is -0.371 e. The first kappa shape index (κ1) is 15.6. The zero-order valence-electron chi connectivity index (χ0n) is 14.3. The van der Waals surface area contributed by atoms with Gasteiger partial charge < -0.3 is 10.2 Å². The maximum absolute atomic E-state index is 4.11. The molecule has 3 nitrogen and oxygen atoms in total. The Labute approximate surface area is 145 Å². The fraction of sp³-hybridized carbons (Fsp3) is 0.476. The van der Waals surface area contributed by atoms with Crippen molar-refractivity contribution in [1.82, 2.24) is 10.3 Å². The molecule has 3 heteroatoms. The Morgan fingerprint density at radius 2 is 1.75 bits per heavy atom. The summed E-state index contributed by atoms with van der Waals surface area (Å²) >= 11 is 0. The summed E-state index contributed by atoms with van der Waals surface area (Å²) < 4.78 is 0. The van der Waals surface area contributed by atoms with Crippen molar-refractivity contribution in [2.45, 2.75) is 37.6 Å². The standard InChI is InChI=1S/C21H27N3/c1-2-4-18(5-3-1)20-16-21(20)23-13-6-17-9-14-24(15-10-17)19-7-11-22-12-8-19/h1-5,7-8,11-12,17,20-21,23H,6,9-10,13-16H2. The van der Waals surface area contributed by atoms with Crippen LogP contribution < -0.4 is 10.2 Å². The highest BCUT2D eigenvalue weighted by Crippen LogP contribution is 2.40. The molecule has 1 aromatic heterocycles. The molecule has 2 aliphatic rings. The number of anilines is 1. The van der Waals surface area contributed by atoms with Crippen LogP contribution in [-0.2, 0) is 0 Å². The fourth-order valence-electron chi connectivity index (χ4n) is 4.00. The average Bonchev–Trinajstić information content (AvgIpc) is 3.43. The maximum atomic E-state index is 4.11. The monoisotopic (exact) mass is 321 g/mol. The molecule has 2 heterocycles. The van der Waals surface area contributed by atoms with Crippen LogP contribution in [-0.4, -0.2) is 30.7 Å². The van der Waals surface area contributed by atoms with Crippen LogP contribution in [0.15, 0.2) is 54.9 Å². The molecule has 4 rings (SSSR count). The number of rotatable bonds is 6. The maximum Gasteiger partial charge on any atom is 0.0397 e. The molecule has 1 N–H and O–H groups in total. The lowest BCUT2D eigenvalue weighted by atomic mass is 9.93. The molecule has 0 radical (unpaired) electrons. The van der Waals surface area contributed by atoms with Crippen molar-refractivity contribution in [1.29, 1.82) is 0 Å². The van der Waals surface area contributed by atoms with E-state index < -0.39 is 0 Å². The molecule has 0 amide bonds. The van der Waals surface area contributed by atoms with Crippen molar-refractivity contribution < 1.29 is 0 Å². The molecule has 0 bridgehead atoms. The van der Waals surface area contributed by atoms with Gasteiger partial charge in [0.2, 0.25) is 0 Å². The van der Waals surface area contributed by atoms with Gasteiger partial charge >= 0.3 is 0 Å². The van der Waals surface area contributed by atoms with E-state index in [4.69, 9.17) is 0 Å². The van der Waals surface area contributed by atoms with Crippen molar-refractivity contribution in [3.63, 3.8) is 0 Å². The number of hydrogen-bond acceptors (Lipinski definition) is 3. The second-order valence-corrected chi connectivity index (χ2v) is 7.24. The third-order valence-corrected chi connectivity index (χ3v) is 5.62. The van der Waals surface area contributed by atoms with Crippen molar-refractivity contribution in [3.8, 4) is 0 Å². The predicted molar refractivity (Wildman–Crippen MR) is 99.4 cm³/mol. The van der Waals surface area contributed by atoms with Crippen LogP contribution >= 0.6 is 0 Å². The summed E-state index contributed by atoms with van der Waals surface area (Å²) in [4.78, 5) is 6.61. The average molecular weight is 321 g/mol. The van der Waals surface area contributed by atoms with Crippen LogP contribution in [0.25, 0.3) is 0 Å². The molecule has 2 aromatic rings. The van der Waals surface area contributed by atoms with Gasteiger partial charge in [-0.3, -0.25) is 4.98 Å². The van der Waals surface area contributed by atoms with Gasteiger partial charge in [-0.1, -0.05) is 30.3 Å². The first-order chi connectivity index (χ1) is 11.9. The molecule has 24 heavy (non-hydrogen) atoms. The van der Waals surface area contributed by atoms with E-state index in [0.29, 0.717) is 6.04 Å². The van der Waals surface area contributed by atoms with Gasteiger partial charge in [0.1, 0.15) is 0 Å². The molecule has 126 valence electrons. The van der Waals surface area contributed by atoms with Crippen molar-refractivity contribution >= 4 is 5.69 Å². The Morgan fingerprint density at radius 3 is 2.50 bits per heavy atom. The Morgan fingerprint density at radius 1 is 1.00 bits per heavy atom. The number of nitrogens with one attached hydrogen (secondary N) is 1. The predicted octanol–water partition coefficient (Wildman–Crippen LogP) is 3.83. The van der Waals surface area contributed by atoms with Crippen molar-refractivity contribution in [2.75, 3.05) is 24.5 Å². The summed E-state index contributed by atoms with van der Waals surface area (Å²) in [7, 11) is 0. The van der Waals surface area contributed by atoms with Crippen LogP contribution in [0.2, 0.25) is 0 Å². The third kappa shape index (κ3) is 3.78. The Hall–Kier alpha value is -1.87. The Kier molecular flexibility index (Phi) is 4.79. The van der Waals surface area contributed by atoms with Crippen molar-refractivity contribution in [2.24, 2.45) is 5.92 Å². The molecule has 2 fully saturated rings. The lowest BCUT2D eigenvalue weighted by Gasteiger charge is -2.33. The molecule has 1 aliphatic carbocycles. The topological polar surface area (TPSA) is 28.2 Å². The molecule has 1 aliphatic heterocycles. The lowest BCUT2D eigenvalue weighted by molar-refractivity contribution is 0.373. The van der Waals surface area contributed by atoms with E-state index in [1.165, 1.54) is 56.6 Å². The molecular weight excluding hydrogens is 294 g/mol. The highest BCUT2D eigenvalue weighted by atomic mass is 15.1. The summed E-state index contributed by atoms with van der Waals surface area (Å²) in [6, 6.07) is 15.9. The summed E-state index contributed by atoms with van der Waals surface area (Å²) in [5, 5.41) is 3.77. The number of piperidine rings is 1. The van der Waals surface area contributed by atoms with E-state index >= 15 is 0 Å². The normalized spacial score (nSPS) is 24.1. The van der Waals surface area contributed by atoms with E-state index in [1.54, 1.807) is 0 Å². The Bertz CT molecular complexity index is 620. The highest BCUT2D eigenvalue weighted by molar-refractivity contribution is 5.44. The van der Waals surface area contributed by atoms with E-state index in [0.717, 1.165) is 11.8 Å². The molecule has 2 atom stereocenters. The van der Waals surface area contributed by atoms with Crippen LogP contribution in [0, 0.1) is 5.92 Å². The smallest absolute Gasteiger partial charge is 0.0397 e. The van der Waals surface area contributed by atoms with E-state index in [-0.39, 0.29) is 0 Å². The van der Waals surface area contributed by atoms with Gasteiger partial charge in [-0.15, -0.1) is 0 Å². The fourth-order valence-corrected chi connectivity index (χ4v) is 4.00. The third-order valence-electron chi connectivity index (χ3n) is 5.62.